The maximum Gasteiger partial charge on any atom is 0.254 e. The van der Waals surface area contributed by atoms with Crippen molar-refractivity contribution in [2.75, 3.05) is 7.05 Å². The van der Waals surface area contributed by atoms with Gasteiger partial charge in [0, 0.05) is 12.6 Å². The molecule has 0 fully saturated rings. The maximum atomic E-state index is 12.4. The molecule has 21 heavy (non-hydrogen) atoms. The minimum Gasteiger partial charge on any atom is -0.508 e. The fourth-order valence-electron chi connectivity index (χ4n) is 2.00. The minimum atomic E-state index is -0.182. The molecule has 5 heteroatoms. The van der Waals surface area contributed by atoms with Crippen LogP contribution in [-0.4, -0.2) is 28.1 Å². The molecule has 110 valence electrons. The van der Waals surface area contributed by atoms with Crippen LogP contribution >= 0.6 is 15.9 Å². The van der Waals surface area contributed by atoms with Crippen LogP contribution in [0.4, 0.5) is 0 Å². The molecule has 0 spiro atoms. The number of nitrogens with zero attached hydrogens (tertiary/aromatic N) is 1. The molecule has 2 aromatic rings. The van der Waals surface area contributed by atoms with E-state index in [0.29, 0.717) is 10.0 Å². The summed E-state index contributed by atoms with van der Waals surface area (Å²) in [5, 5.41) is 19.0. The van der Waals surface area contributed by atoms with Crippen molar-refractivity contribution in [2.45, 2.75) is 13.0 Å². The zero-order valence-corrected chi connectivity index (χ0v) is 13.3. The highest BCUT2D eigenvalue weighted by Crippen LogP contribution is 2.27. The van der Waals surface area contributed by atoms with E-state index in [2.05, 4.69) is 15.9 Å². The third kappa shape index (κ3) is 3.36. The number of amides is 1. The summed E-state index contributed by atoms with van der Waals surface area (Å²) in [5.41, 5.74) is 1.34. The van der Waals surface area contributed by atoms with Gasteiger partial charge in [-0.15, -0.1) is 0 Å². The zero-order valence-electron chi connectivity index (χ0n) is 11.7. The van der Waals surface area contributed by atoms with Gasteiger partial charge in [0.05, 0.1) is 10.5 Å². The Balaban J connectivity index is 2.21. The number of phenolic OH excluding ortho intramolecular Hbond substituents is 2. The molecule has 0 heterocycles. The fourth-order valence-corrected chi connectivity index (χ4v) is 2.25. The van der Waals surface area contributed by atoms with Gasteiger partial charge in [0.1, 0.15) is 11.5 Å². The van der Waals surface area contributed by atoms with E-state index in [1.54, 1.807) is 48.3 Å². The molecular formula is C16H16BrNO3. The van der Waals surface area contributed by atoms with E-state index in [9.17, 15) is 15.0 Å². The number of carbonyl (C=O) groups is 1. The molecule has 1 amide bonds. The van der Waals surface area contributed by atoms with Gasteiger partial charge in [-0.25, -0.2) is 0 Å². The van der Waals surface area contributed by atoms with Crippen LogP contribution in [0, 0.1) is 0 Å². The quantitative estimate of drug-likeness (QED) is 0.888. The Morgan fingerprint density at radius 1 is 1.14 bits per heavy atom. The topological polar surface area (TPSA) is 60.8 Å². The molecule has 0 radical (unpaired) electrons. The first kappa shape index (κ1) is 15.4. The van der Waals surface area contributed by atoms with E-state index in [1.807, 2.05) is 6.92 Å². The molecule has 0 saturated carbocycles. The Morgan fingerprint density at radius 2 is 1.76 bits per heavy atom. The Morgan fingerprint density at radius 3 is 2.33 bits per heavy atom. The molecular weight excluding hydrogens is 334 g/mol. The average molecular weight is 350 g/mol. The van der Waals surface area contributed by atoms with E-state index in [0.717, 1.165) is 5.56 Å². The number of carbonyl (C=O) groups excluding carboxylic acids is 1. The minimum absolute atomic E-state index is 0.0338. The maximum absolute atomic E-state index is 12.4. The normalized spacial score (nSPS) is 12.0. The number of hydrogen-bond acceptors (Lipinski definition) is 3. The van der Waals surface area contributed by atoms with Gasteiger partial charge in [0.15, 0.2) is 0 Å². The second-order valence-corrected chi connectivity index (χ2v) is 5.70. The van der Waals surface area contributed by atoms with Crippen molar-refractivity contribution in [1.29, 1.82) is 0 Å². The number of rotatable bonds is 3. The highest BCUT2D eigenvalue weighted by atomic mass is 79.9. The van der Waals surface area contributed by atoms with Crippen LogP contribution < -0.4 is 0 Å². The largest absolute Gasteiger partial charge is 0.508 e. The third-order valence-corrected chi connectivity index (χ3v) is 4.14. The lowest BCUT2D eigenvalue weighted by atomic mass is 10.1. The SMILES string of the molecule is CC(c1ccc(O)cc1)N(C)C(=O)c1ccc(Br)c(O)c1. The van der Waals surface area contributed by atoms with Gasteiger partial charge in [-0.05, 0) is 58.7 Å². The van der Waals surface area contributed by atoms with Crippen LogP contribution in [0.1, 0.15) is 28.9 Å². The first-order valence-corrected chi connectivity index (χ1v) is 7.24. The number of benzene rings is 2. The summed E-state index contributed by atoms with van der Waals surface area (Å²) >= 11 is 3.19. The number of aromatic hydroxyl groups is 2. The number of hydrogen-bond donors (Lipinski definition) is 2. The highest BCUT2D eigenvalue weighted by molar-refractivity contribution is 9.10. The summed E-state index contributed by atoms with van der Waals surface area (Å²) in [4.78, 5) is 14.0. The Kier molecular flexibility index (Phi) is 4.53. The lowest BCUT2D eigenvalue weighted by Crippen LogP contribution is -2.29. The zero-order chi connectivity index (χ0) is 15.6. The fraction of sp³-hybridized carbons (Fsp3) is 0.188. The predicted molar refractivity (Wildman–Crippen MR) is 84.4 cm³/mol. The molecule has 0 aliphatic heterocycles. The summed E-state index contributed by atoms with van der Waals surface area (Å²) in [5.74, 6) is 0.0441. The van der Waals surface area contributed by atoms with Gasteiger partial charge in [-0.3, -0.25) is 4.79 Å². The van der Waals surface area contributed by atoms with Crippen molar-refractivity contribution in [3.05, 3.63) is 58.1 Å². The average Bonchev–Trinajstić information content (AvgIpc) is 2.48. The van der Waals surface area contributed by atoms with Gasteiger partial charge in [0.25, 0.3) is 5.91 Å². The molecule has 1 unspecified atom stereocenters. The number of halogens is 1. The van der Waals surface area contributed by atoms with Crippen molar-refractivity contribution < 1.29 is 15.0 Å². The van der Waals surface area contributed by atoms with Gasteiger partial charge < -0.3 is 15.1 Å². The van der Waals surface area contributed by atoms with Crippen molar-refractivity contribution in [1.82, 2.24) is 4.90 Å². The van der Waals surface area contributed by atoms with Crippen LogP contribution in [-0.2, 0) is 0 Å². The van der Waals surface area contributed by atoms with Crippen molar-refractivity contribution in [2.24, 2.45) is 0 Å². The van der Waals surface area contributed by atoms with Crippen LogP contribution in [0.15, 0.2) is 46.9 Å². The summed E-state index contributed by atoms with van der Waals surface area (Å²) in [6, 6.07) is 11.3. The van der Waals surface area contributed by atoms with Crippen molar-refractivity contribution >= 4 is 21.8 Å². The van der Waals surface area contributed by atoms with Crippen molar-refractivity contribution in [3.63, 3.8) is 0 Å². The summed E-state index contributed by atoms with van der Waals surface area (Å²) in [6.07, 6.45) is 0. The van der Waals surface area contributed by atoms with E-state index in [1.165, 1.54) is 6.07 Å². The molecule has 0 aliphatic carbocycles. The molecule has 1 atom stereocenters. The Hall–Kier alpha value is -2.01. The van der Waals surface area contributed by atoms with E-state index < -0.39 is 0 Å². The number of phenols is 2. The molecule has 2 rings (SSSR count). The summed E-state index contributed by atoms with van der Waals surface area (Å²) < 4.78 is 0.549. The lowest BCUT2D eigenvalue weighted by Gasteiger charge is -2.25. The Bertz CT molecular complexity index is 655. The predicted octanol–water partition coefficient (Wildman–Crippen LogP) is 3.69. The first-order chi connectivity index (χ1) is 9.90. The monoisotopic (exact) mass is 349 g/mol. The lowest BCUT2D eigenvalue weighted by molar-refractivity contribution is 0.0742. The summed E-state index contributed by atoms with van der Waals surface area (Å²) in [6.45, 7) is 1.91. The molecule has 0 bridgehead atoms. The van der Waals surface area contributed by atoms with E-state index in [4.69, 9.17) is 0 Å². The summed E-state index contributed by atoms with van der Waals surface area (Å²) in [7, 11) is 1.71. The second kappa shape index (κ2) is 6.18. The third-order valence-electron chi connectivity index (χ3n) is 3.47. The van der Waals surface area contributed by atoms with Gasteiger partial charge in [-0.2, -0.15) is 0 Å². The van der Waals surface area contributed by atoms with Crippen LogP contribution in [0.5, 0.6) is 11.5 Å². The van der Waals surface area contributed by atoms with Crippen LogP contribution in [0.2, 0.25) is 0 Å². The molecule has 2 N–H and O–H groups in total. The second-order valence-electron chi connectivity index (χ2n) is 4.85. The first-order valence-electron chi connectivity index (χ1n) is 6.44. The smallest absolute Gasteiger partial charge is 0.254 e. The molecule has 2 aromatic carbocycles. The molecule has 4 nitrogen and oxygen atoms in total. The Labute approximate surface area is 131 Å². The van der Waals surface area contributed by atoms with Gasteiger partial charge >= 0.3 is 0 Å². The standard InChI is InChI=1S/C16H16BrNO3/c1-10(11-3-6-13(19)7-4-11)18(2)16(21)12-5-8-14(17)15(20)9-12/h3-10,19-20H,1-2H3. The van der Waals surface area contributed by atoms with Gasteiger partial charge in [-0.1, -0.05) is 12.1 Å². The molecule has 0 aromatic heterocycles. The van der Waals surface area contributed by atoms with Gasteiger partial charge in [0.2, 0.25) is 0 Å². The molecule has 0 aliphatic rings. The van der Waals surface area contributed by atoms with E-state index >= 15 is 0 Å². The van der Waals surface area contributed by atoms with Crippen LogP contribution in [0.3, 0.4) is 0 Å². The van der Waals surface area contributed by atoms with E-state index in [-0.39, 0.29) is 23.4 Å². The van der Waals surface area contributed by atoms with Crippen molar-refractivity contribution in [3.8, 4) is 11.5 Å². The van der Waals surface area contributed by atoms with Crippen LogP contribution in [0.25, 0.3) is 0 Å². The molecule has 0 saturated heterocycles. The highest BCUT2D eigenvalue weighted by Gasteiger charge is 2.19.